The van der Waals surface area contributed by atoms with Gasteiger partial charge in [-0.25, -0.2) is 13.6 Å². The van der Waals surface area contributed by atoms with Crippen LogP contribution in [-0.2, 0) is 9.53 Å². The molecule has 0 aliphatic heterocycles. The summed E-state index contributed by atoms with van der Waals surface area (Å²) < 4.78 is 31.5. The molecule has 2 aromatic rings. The first-order chi connectivity index (χ1) is 11.1. The van der Waals surface area contributed by atoms with Crippen molar-refractivity contribution in [1.29, 1.82) is 0 Å². The number of carbonyl (C=O) groups is 1. The topological polar surface area (TPSA) is 26.3 Å². The van der Waals surface area contributed by atoms with E-state index < -0.39 is 5.97 Å². The van der Waals surface area contributed by atoms with E-state index in [1.165, 1.54) is 24.3 Å². The average molecular weight is 316 g/mol. The second-order valence-corrected chi connectivity index (χ2v) is 4.94. The van der Waals surface area contributed by atoms with E-state index in [9.17, 15) is 13.6 Å². The van der Waals surface area contributed by atoms with E-state index in [0.29, 0.717) is 17.6 Å². The van der Waals surface area contributed by atoms with Crippen LogP contribution in [0, 0.1) is 11.6 Å². The third-order valence-electron chi connectivity index (χ3n) is 3.46. The van der Waals surface area contributed by atoms with Crippen molar-refractivity contribution in [1.82, 2.24) is 0 Å². The first-order valence-corrected chi connectivity index (χ1v) is 7.49. The monoisotopic (exact) mass is 316 g/mol. The van der Waals surface area contributed by atoms with Crippen LogP contribution >= 0.6 is 0 Å². The van der Waals surface area contributed by atoms with Crippen molar-refractivity contribution in [3.05, 3.63) is 71.3 Å². The van der Waals surface area contributed by atoms with Crippen molar-refractivity contribution in [3.8, 4) is 0 Å². The lowest BCUT2D eigenvalue weighted by Crippen LogP contribution is -2.09. The molecule has 120 valence electrons. The fraction of sp³-hybridized carbons (Fsp3) is 0.211. The fourth-order valence-corrected chi connectivity index (χ4v) is 2.41. The standard InChI is InChI=1S/C19H18F2O2/c1-3-17(13-5-9-15(20)10-6-13)18(19(22)23-4-2)14-7-11-16(21)12-8-14/h5-12H,3-4H2,1-2H3. The van der Waals surface area contributed by atoms with E-state index in [1.54, 1.807) is 31.2 Å². The minimum atomic E-state index is -0.472. The Morgan fingerprint density at radius 1 is 0.870 bits per heavy atom. The Balaban J connectivity index is 2.62. The molecule has 0 aliphatic carbocycles. The molecule has 0 amide bonds. The molecule has 4 heteroatoms. The molecule has 0 atom stereocenters. The van der Waals surface area contributed by atoms with Crippen LogP contribution in [0.25, 0.3) is 11.1 Å². The zero-order valence-corrected chi connectivity index (χ0v) is 13.1. The van der Waals surface area contributed by atoms with Crippen LogP contribution in [0.15, 0.2) is 48.5 Å². The lowest BCUT2D eigenvalue weighted by Gasteiger charge is -2.14. The van der Waals surface area contributed by atoms with Gasteiger partial charge < -0.3 is 4.74 Å². The van der Waals surface area contributed by atoms with Gasteiger partial charge in [0.05, 0.1) is 12.2 Å². The third-order valence-corrected chi connectivity index (χ3v) is 3.46. The average Bonchev–Trinajstić information content (AvgIpc) is 2.55. The van der Waals surface area contributed by atoms with Gasteiger partial charge in [0.25, 0.3) is 0 Å². The highest BCUT2D eigenvalue weighted by molar-refractivity contribution is 6.24. The summed E-state index contributed by atoms with van der Waals surface area (Å²) in [4.78, 5) is 12.4. The van der Waals surface area contributed by atoms with Gasteiger partial charge in [-0.05, 0) is 54.3 Å². The Kier molecular flexibility index (Phi) is 5.63. The van der Waals surface area contributed by atoms with E-state index in [4.69, 9.17) is 4.74 Å². The Morgan fingerprint density at radius 2 is 1.35 bits per heavy atom. The summed E-state index contributed by atoms with van der Waals surface area (Å²) >= 11 is 0. The van der Waals surface area contributed by atoms with Gasteiger partial charge in [0.1, 0.15) is 11.6 Å². The molecular formula is C19H18F2O2. The van der Waals surface area contributed by atoms with Crippen LogP contribution in [0.5, 0.6) is 0 Å². The summed E-state index contributed by atoms with van der Waals surface area (Å²) in [5.74, 6) is -1.19. The predicted molar refractivity (Wildman–Crippen MR) is 86.5 cm³/mol. The molecule has 0 saturated carbocycles. The molecule has 0 bridgehead atoms. The molecule has 0 heterocycles. The van der Waals surface area contributed by atoms with Gasteiger partial charge in [0, 0.05) is 0 Å². The van der Waals surface area contributed by atoms with Gasteiger partial charge in [-0.1, -0.05) is 31.2 Å². The first kappa shape index (κ1) is 16.9. The van der Waals surface area contributed by atoms with Crippen LogP contribution in [0.2, 0.25) is 0 Å². The summed E-state index contributed by atoms with van der Waals surface area (Å²) in [6, 6.07) is 11.6. The second kappa shape index (κ2) is 7.68. The lowest BCUT2D eigenvalue weighted by molar-refractivity contribution is -0.136. The number of hydrogen-bond donors (Lipinski definition) is 0. The molecular weight excluding hydrogens is 298 g/mol. The number of esters is 1. The normalized spacial score (nSPS) is 11.8. The van der Waals surface area contributed by atoms with Crippen molar-refractivity contribution in [2.75, 3.05) is 6.61 Å². The van der Waals surface area contributed by atoms with Crippen LogP contribution in [-0.4, -0.2) is 12.6 Å². The zero-order valence-electron chi connectivity index (χ0n) is 13.1. The minimum absolute atomic E-state index is 0.240. The number of ether oxygens (including phenoxy) is 1. The van der Waals surface area contributed by atoms with Crippen molar-refractivity contribution >= 4 is 17.1 Å². The molecule has 2 aromatic carbocycles. The lowest BCUT2D eigenvalue weighted by atomic mass is 9.93. The molecule has 0 aliphatic rings. The highest BCUT2D eigenvalue weighted by Crippen LogP contribution is 2.30. The van der Waals surface area contributed by atoms with Crippen LogP contribution in [0.3, 0.4) is 0 Å². The molecule has 0 fully saturated rings. The van der Waals surface area contributed by atoms with Crippen molar-refractivity contribution in [3.63, 3.8) is 0 Å². The van der Waals surface area contributed by atoms with Gasteiger partial charge >= 0.3 is 5.97 Å². The maximum atomic E-state index is 13.2. The van der Waals surface area contributed by atoms with Crippen molar-refractivity contribution in [2.24, 2.45) is 0 Å². The summed E-state index contributed by atoms with van der Waals surface area (Å²) in [5.41, 5.74) is 2.42. The zero-order chi connectivity index (χ0) is 16.8. The molecule has 2 nitrogen and oxygen atoms in total. The summed E-state index contributed by atoms with van der Waals surface area (Å²) in [6.45, 7) is 3.87. The molecule has 0 saturated heterocycles. The van der Waals surface area contributed by atoms with Crippen molar-refractivity contribution in [2.45, 2.75) is 20.3 Å². The Bertz CT molecular complexity index is 701. The van der Waals surface area contributed by atoms with Gasteiger partial charge in [-0.15, -0.1) is 0 Å². The number of halogens is 2. The number of allylic oxidation sites excluding steroid dienone is 1. The first-order valence-electron chi connectivity index (χ1n) is 7.49. The van der Waals surface area contributed by atoms with Crippen LogP contribution in [0.1, 0.15) is 31.4 Å². The maximum absolute atomic E-state index is 13.2. The highest BCUT2D eigenvalue weighted by Gasteiger charge is 2.19. The Labute approximate surface area is 134 Å². The van der Waals surface area contributed by atoms with Crippen molar-refractivity contribution < 1.29 is 18.3 Å². The summed E-state index contributed by atoms with van der Waals surface area (Å²) in [7, 11) is 0. The number of hydrogen-bond acceptors (Lipinski definition) is 2. The van der Waals surface area contributed by atoms with Gasteiger partial charge in [-0.2, -0.15) is 0 Å². The third kappa shape index (κ3) is 4.03. The predicted octanol–water partition coefficient (Wildman–Crippen LogP) is 4.85. The molecule has 23 heavy (non-hydrogen) atoms. The number of rotatable bonds is 5. The van der Waals surface area contributed by atoms with Crippen LogP contribution in [0.4, 0.5) is 8.78 Å². The van der Waals surface area contributed by atoms with E-state index >= 15 is 0 Å². The number of benzene rings is 2. The Morgan fingerprint density at radius 3 is 1.78 bits per heavy atom. The molecule has 0 N–H and O–H groups in total. The molecule has 0 radical (unpaired) electrons. The van der Waals surface area contributed by atoms with E-state index in [0.717, 1.165) is 11.1 Å². The molecule has 0 spiro atoms. The largest absolute Gasteiger partial charge is 0.462 e. The summed E-state index contributed by atoms with van der Waals surface area (Å²) in [6.07, 6.45) is 0.553. The number of carbonyl (C=O) groups excluding carboxylic acids is 1. The van der Waals surface area contributed by atoms with Gasteiger partial charge in [0.15, 0.2) is 0 Å². The van der Waals surface area contributed by atoms with E-state index in [2.05, 4.69) is 0 Å². The van der Waals surface area contributed by atoms with E-state index in [-0.39, 0.29) is 18.2 Å². The minimum Gasteiger partial charge on any atom is -0.462 e. The maximum Gasteiger partial charge on any atom is 0.339 e. The fourth-order valence-electron chi connectivity index (χ4n) is 2.41. The molecule has 2 rings (SSSR count). The molecule has 0 unspecified atom stereocenters. The SMILES string of the molecule is CCOC(=O)C(=C(CC)c1ccc(F)cc1)c1ccc(F)cc1. The quantitative estimate of drug-likeness (QED) is 0.448. The van der Waals surface area contributed by atoms with E-state index in [1.807, 2.05) is 6.92 Å². The van der Waals surface area contributed by atoms with Gasteiger partial charge in [0.2, 0.25) is 0 Å². The summed E-state index contributed by atoms with van der Waals surface area (Å²) in [5, 5.41) is 0. The highest BCUT2D eigenvalue weighted by atomic mass is 19.1. The van der Waals surface area contributed by atoms with Crippen LogP contribution < -0.4 is 0 Å². The smallest absolute Gasteiger partial charge is 0.339 e. The Hall–Kier alpha value is -2.49. The second-order valence-electron chi connectivity index (χ2n) is 4.94. The molecule has 0 aromatic heterocycles. The van der Waals surface area contributed by atoms with Gasteiger partial charge in [-0.3, -0.25) is 0 Å².